The van der Waals surface area contributed by atoms with Crippen molar-refractivity contribution in [3.05, 3.63) is 70.8 Å². The Morgan fingerprint density at radius 1 is 1.00 bits per heavy atom. The van der Waals surface area contributed by atoms with Gasteiger partial charge in [0.2, 0.25) is 0 Å². The molecule has 0 aromatic heterocycles. The van der Waals surface area contributed by atoms with Crippen LogP contribution >= 0.6 is 0 Å². The van der Waals surface area contributed by atoms with Crippen molar-refractivity contribution < 1.29 is 13.5 Å². The van der Waals surface area contributed by atoms with Gasteiger partial charge in [0.25, 0.3) is 0 Å². The number of allylic oxidation sites excluding steroid dienone is 2. The Hall–Kier alpha value is -2.16. The lowest BCUT2D eigenvalue weighted by Crippen LogP contribution is -2.10. The van der Waals surface area contributed by atoms with Gasteiger partial charge in [0.1, 0.15) is 17.4 Å². The Labute approximate surface area is 153 Å². The van der Waals surface area contributed by atoms with Crippen molar-refractivity contribution in [3.8, 4) is 5.75 Å². The number of benzene rings is 2. The van der Waals surface area contributed by atoms with E-state index in [1.165, 1.54) is 6.07 Å². The molecule has 0 amide bonds. The van der Waals surface area contributed by atoms with Crippen LogP contribution in [0.1, 0.15) is 48.8 Å². The number of rotatable bonds is 4. The second-order valence-electron chi connectivity index (χ2n) is 7.43. The number of fused-ring (bicyclic) bond motifs is 1. The molecule has 2 aliphatic rings. The minimum Gasteiger partial charge on any atom is -0.494 e. The molecule has 1 fully saturated rings. The normalized spacial score (nSPS) is 24.5. The first-order valence-corrected chi connectivity index (χ1v) is 9.47. The van der Waals surface area contributed by atoms with Gasteiger partial charge in [0.05, 0.1) is 6.61 Å². The van der Waals surface area contributed by atoms with Crippen LogP contribution < -0.4 is 4.74 Å². The van der Waals surface area contributed by atoms with Crippen molar-refractivity contribution in [2.75, 3.05) is 6.61 Å². The standard InChI is InChI=1S/C23H24F2O/c1-3-26-16-6-7-21(23(25)13-16)20-11-10-18-17(8-9-19(18)20)15-5-4-14(2)22(24)12-15/h4-7,11-13,17-19H,3,8-10H2,1-2H3. The lowest BCUT2D eigenvalue weighted by atomic mass is 9.83. The van der Waals surface area contributed by atoms with Gasteiger partial charge in [0.15, 0.2) is 0 Å². The lowest BCUT2D eigenvalue weighted by Gasteiger charge is -2.21. The smallest absolute Gasteiger partial charge is 0.134 e. The predicted octanol–water partition coefficient (Wildman–Crippen LogP) is 6.27. The largest absolute Gasteiger partial charge is 0.494 e. The average Bonchev–Trinajstić information content (AvgIpc) is 3.20. The number of ether oxygens (including phenoxy) is 1. The van der Waals surface area contributed by atoms with E-state index >= 15 is 0 Å². The molecule has 3 atom stereocenters. The first-order chi connectivity index (χ1) is 12.6. The summed E-state index contributed by atoms with van der Waals surface area (Å²) in [6.07, 6.45) is 5.19. The molecular weight excluding hydrogens is 330 g/mol. The summed E-state index contributed by atoms with van der Waals surface area (Å²) >= 11 is 0. The number of hydrogen-bond donors (Lipinski definition) is 0. The molecule has 0 bridgehead atoms. The van der Waals surface area contributed by atoms with E-state index in [-0.39, 0.29) is 11.6 Å². The van der Waals surface area contributed by atoms with E-state index in [4.69, 9.17) is 4.74 Å². The topological polar surface area (TPSA) is 9.23 Å². The fourth-order valence-electron chi connectivity index (χ4n) is 4.75. The molecule has 1 nitrogen and oxygen atoms in total. The van der Waals surface area contributed by atoms with Gasteiger partial charge < -0.3 is 4.74 Å². The molecule has 3 unspecified atom stereocenters. The summed E-state index contributed by atoms with van der Waals surface area (Å²) in [5.74, 6) is 1.38. The quantitative estimate of drug-likeness (QED) is 0.629. The highest BCUT2D eigenvalue weighted by molar-refractivity contribution is 5.71. The molecule has 1 saturated carbocycles. The van der Waals surface area contributed by atoms with E-state index in [0.29, 0.717) is 41.2 Å². The first-order valence-electron chi connectivity index (χ1n) is 9.47. The van der Waals surface area contributed by atoms with Crippen LogP contribution in [0, 0.1) is 30.4 Å². The molecule has 2 aromatic rings. The maximum atomic E-state index is 14.6. The van der Waals surface area contributed by atoms with E-state index < -0.39 is 0 Å². The maximum Gasteiger partial charge on any atom is 0.134 e. The molecule has 0 spiro atoms. The summed E-state index contributed by atoms with van der Waals surface area (Å²) in [6, 6.07) is 10.8. The highest BCUT2D eigenvalue weighted by Gasteiger charge is 2.42. The molecule has 2 aliphatic carbocycles. The van der Waals surface area contributed by atoms with Gasteiger partial charge in [-0.05, 0) is 85.8 Å². The molecule has 0 aliphatic heterocycles. The van der Waals surface area contributed by atoms with Gasteiger partial charge in [-0.25, -0.2) is 8.78 Å². The molecule has 0 heterocycles. The minimum atomic E-state index is -0.215. The van der Waals surface area contributed by atoms with Gasteiger partial charge in [0, 0.05) is 11.6 Å². The van der Waals surface area contributed by atoms with Gasteiger partial charge in [-0.3, -0.25) is 0 Å². The van der Waals surface area contributed by atoms with E-state index in [1.807, 2.05) is 25.1 Å². The highest BCUT2D eigenvalue weighted by atomic mass is 19.1. The molecular formula is C23H24F2O. The first kappa shape index (κ1) is 17.3. The maximum absolute atomic E-state index is 14.6. The van der Waals surface area contributed by atoms with Gasteiger partial charge >= 0.3 is 0 Å². The van der Waals surface area contributed by atoms with E-state index in [2.05, 4.69) is 12.1 Å². The van der Waals surface area contributed by atoms with Crippen LogP contribution in [-0.2, 0) is 0 Å². The average molecular weight is 354 g/mol. The van der Waals surface area contributed by atoms with Crippen molar-refractivity contribution in [1.82, 2.24) is 0 Å². The summed E-state index contributed by atoms with van der Waals surface area (Å²) in [7, 11) is 0. The van der Waals surface area contributed by atoms with Crippen molar-refractivity contribution in [2.45, 2.75) is 39.0 Å². The van der Waals surface area contributed by atoms with Crippen molar-refractivity contribution in [2.24, 2.45) is 11.8 Å². The molecule has 4 rings (SSSR count). The van der Waals surface area contributed by atoms with Crippen LogP contribution in [-0.4, -0.2) is 6.61 Å². The third kappa shape index (κ3) is 2.94. The molecule has 0 radical (unpaired) electrons. The van der Waals surface area contributed by atoms with E-state index in [9.17, 15) is 8.78 Å². The lowest BCUT2D eigenvalue weighted by molar-refractivity contribution is 0.338. The second kappa shape index (κ2) is 6.86. The fourth-order valence-corrected chi connectivity index (χ4v) is 4.75. The Kier molecular flexibility index (Phi) is 4.56. The summed E-state index contributed by atoms with van der Waals surface area (Å²) in [4.78, 5) is 0. The zero-order valence-electron chi connectivity index (χ0n) is 15.3. The van der Waals surface area contributed by atoms with Crippen LogP contribution in [0.3, 0.4) is 0 Å². The Morgan fingerprint density at radius 2 is 1.81 bits per heavy atom. The minimum absolute atomic E-state index is 0.130. The Morgan fingerprint density at radius 3 is 2.54 bits per heavy atom. The number of hydrogen-bond acceptors (Lipinski definition) is 1. The van der Waals surface area contributed by atoms with Crippen molar-refractivity contribution in [1.29, 1.82) is 0 Å². The summed E-state index contributed by atoms with van der Waals surface area (Å²) in [6.45, 7) is 4.21. The fraction of sp³-hybridized carbons (Fsp3) is 0.391. The zero-order valence-corrected chi connectivity index (χ0v) is 15.3. The molecule has 0 saturated heterocycles. The Bertz CT molecular complexity index is 855. The summed E-state index contributed by atoms with van der Waals surface area (Å²) in [5.41, 5.74) is 3.58. The van der Waals surface area contributed by atoms with E-state index in [0.717, 1.165) is 30.4 Å². The van der Waals surface area contributed by atoms with Crippen LogP contribution in [0.4, 0.5) is 8.78 Å². The predicted molar refractivity (Wildman–Crippen MR) is 100 cm³/mol. The summed E-state index contributed by atoms with van der Waals surface area (Å²) < 4.78 is 34.0. The van der Waals surface area contributed by atoms with Crippen molar-refractivity contribution >= 4 is 5.57 Å². The number of halogens is 2. The van der Waals surface area contributed by atoms with Gasteiger partial charge in [-0.2, -0.15) is 0 Å². The second-order valence-corrected chi connectivity index (χ2v) is 7.43. The monoisotopic (exact) mass is 354 g/mol. The Balaban J connectivity index is 1.57. The van der Waals surface area contributed by atoms with Crippen LogP contribution in [0.5, 0.6) is 5.75 Å². The zero-order chi connectivity index (χ0) is 18.3. The van der Waals surface area contributed by atoms with Gasteiger partial charge in [-0.1, -0.05) is 18.2 Å². The van der Waals surface area contributed by atoms with Crippen LogP contribution in [0.25, 0.3) is 5.57 Å². The van der Waals surface area contributed by atoms with E-state index in [1.54, 1.807) is 13.0 Å². The van der Waals surface area contributed by atoms with Gasteiger partial charge in [-0.15, -0.1) is 0 Å². The molecule has 2 aromatic carbocycles. The molecule has 26 heavy (non-hydrogen) atoms. The van der Waals surface area contributed by atoms with Crippen LogP contribution in [0.2, 0.25) is 0 Å². The van der Waals surface area contributed by atoms with Crippen LogP contribution in [0.15, 0.2) is 42.5 Å². The SMILES string of the molecule is CCOc1ccc(C2=CCC3C2CCC3c2ccc(C)c(F)c2)c(F)c1. The molecule has 136 valence electrons. The highest BCUT2D eigenvalue weighted by Crippen LogP contribution is 2.54. The van der Waals surface area contributed by atoms with Crippen molar-refractivity contribution in [3.63, 3.8) is 0 Å². The third-order valence-corrected chi connectivity index (χ3v) is 6.02. The molecule has 0 N–H and O–H groups in total. The molecule has 3 heteroatoms. The third-order valence-electron chi connectivity index (χ3n) is 6.02. The number of aryl methyl sites for hydroxylation is 1. The summed E-state index contributed by atoms with van der Waals surface area (Å²) in [5, 5.41) is 0.